The minimum Gasteiger partial charge on any atom is -0.493 e. The first-order valence-electron chi connectivity index (χ1n) is 9.27. The Labute approximate surface area is 150 Å². The molecule has 0 radical (unpaired) electrons. The lowest BCUT2D eigenvalue weighted by atomic mass is 10.1. The van der Waals surface area contributed by atoms with Crippen molar-refractivity contribution in [3.8, 4) is 5.75 Å². The highest BCUT2D eigenvalue weighted by Crippen LogP contribution is 2.22. The van der Waals surface area contributed by atoms with E-state index in [2.05, 4.69) is 0 Å². The van der Waals surface area contributed by atoms with Gasteiger partial charge in [-0.3, -0.25) is 9.59 Å². The molecule has 0 N–H and O–H groups in total. The van der Waals surface area contributed by atoms with Crippen molar-refractivity contribution in [3.63, 3.8) is 0 Å². The zero-order valence-corrected chi connectivity index (χ0v) is 15.7. The van der Waals surface area contributed by atoms with Crippen LogP contribution >= 0.6 is 0 Å². The van der Waals surface area contributed by atoms with Crippen molar-refractivity contribution >= 4 is 11.8 Å². The van der Waals surface area contributed by atoms with E-state index in [1.165, 1.54) is 0 Å². The lowest BCUT2D eigenvalue weighted by Gasteiger charge is -2.35. The fraction of sp³-hybridized carbons (Fsp3) is 0.600. The summed E-state index contributed by atoms with van der Waals surface area (Å²) in [6.45, 7) is 9.23. The molecule has 1 aliphatic rings. The Kier molecular flexibility index (Phi) is 7.29. The van der Waals surface area contributed by atoms with Crippen molar-refractivity contribution in [3.05, 3.63) is 29.3 Å². The smallest absolute Gasteiger partial charge is 0.222 e. The molecule has 0 aromatic heterocycles. The van der Waals surface area contributed by atoms with E-state index in [0.29, 0.717) is 52.0 Å². The number of carbonyl (C=O) groups is 2. The van der Waals surface area contributed by atoms with Gasteiger partial charge in [-0.15, -0.1) is 0 Å². The van der Waals surface area contributed by atoms with Crippen LogP contribution in [0.4, 0.5) is 0 Å². The van der Waals surface area contributed by atoms with Crippen LogP contribution in [0.5, 0.6) is 5.75 Å². The van der Waals surface area contributed by atoms with Crippen LogP contribution in [0.25, 0.3) is 0 Å². The highest BCUT2D eigenvalue weighted by molar-refractivity contribution is 5.78. The van der Waals surface area contributed by atoms with Crippen molar-refractivity contribution in [2.24, 2.45) is 0 Å². The number of aryl methyl sites for hydroxylation is 2. The molecule has 0 aliphatic carbocycles. The second-order valence-corrected chi connectivity index (χ2v) is 6.68. The van der Waals surface area contributed by atoms with Gasteiger partial charge in [-0.2, -0.15) is 0 Å². The Morgan fingerprint density at radius 3 is 2.00 bits per heavy atom. The first-order chi connectivity index (χ1) is 12.0. The number of nitrogens with zero attached hydrogens (tertiary/aromatic N) is 2. The van der Waals surface area contributed by atoms with Crippen LogP contribution in [-0.2, 0) is 9.59 Å². The van der Waals surface area contributed by atoms with E-state index in [9.17, 15) is 9.59 Å². The molecule has 25 heavy (non-hydrogen) atoms. The van der Waals surface area contributed by atoms with Crippen molar-refractivity contribution in [1.29, 1.82) is 0 Å². The van der Waals surface area contributed by atoms with Crippen molar-refractivity contribution < 1.29 is 14.3 Å². The van der Waals surface area contributed by atoms with Crippen molar-refractivity contribution in [2.75, 3.05) is 32.8 Å². The third-order valence-electron chi connectivity index (χ3n) is 4.64. The van der Waals surface area contributed by atoms with Gasteiger partial charge in [-0.05, 0) is 37.8 Å². The molecule has 5 nitrogen and oxygen atoms in total. The summed E-state index contributed by atoms with van der Waals surface area (Å²) >= 11 is 0. The summed E-state index contributed by atoms with van der Waals surface area (Å²) in [4.78, 5) is 27.9. The minimum absolute atomic E-state index is 0.160. The maximum absolute atomic E-state index is 12.3. The van der Waals surface area contributed by atoms with Gasteiger partial charge >= 0.3 is 0 Å². The van der Waals surface area contributed by atoms with Gasteiger partial charge in [-0.25, -0.2) is 0 Å². The van der Waals surface area contributed by atoms with Crippen LogP contribution in [-0.4, -0.2) is 54.4 Å². The lowest BCUT2D eigenvalue weighted by Crippen LogP contribution is -2.50. The molecule has 0 saturated carbocycles. The van der Waals surface area contributed by atoms with Gasteiger partial charge in [0.15, 0.2) is 0 Å². The standard InChI is InChI=1S/C20H30N2O3/c1-4-7-18(23)21-11-13-22(14-12-21)19(24)10-6-15-25-20-16(2)8-5-9-17(20)3/h5,8-9H,4,6-7,10-15H2,1-3H3. The molecule has 1 heterocycles. The first kappa shape index (κ1) is 19.3. The van der Waals surface area contributed by atoms with Crippen LogP contribution in [0.2, 0.25) is 0 Å². The van der Waals surface area contributed by atoms with E-state index in [1.807, 2.05) is 48.8 Å². The van der Waals surface area contributed by atoms with E-state index in [-0.39, 0.29) is 11.8 Å². The Morgan fingerprint density at radius 1 is 0.960 bits per heavy atom. The Hall–Kier alpha value is -2.04. The number of carbonyl (C=O) groups excluding carboxylic acids is 2. The molecule has 5 heteroatoms. The van der Waals surface area contributed by atoms with Crippen LogP contribution in [0.15, 0.2) is 18.2 Å². The fourth-order valence-corrected chi connectivity index (χ4v) is 3.16. The number of amides is 2. The molecule has 0 unspecified atom stereocenters. The van der Waals surface area contributed by atoms with Gasteiger partial charge in [0.1, 0.15) is 5.75 Å². The summed E-state index contributed by atoms with van der Waals surface area (Å²) in [5.74, 6) is 1.29. The highest BCUT2D eigenvalue weighted by atomic mass is 16.5. The van der Waals surface area contributed by atoms with Gasteiger partial charge in [0, 0.05) is 39.0 Å². The lowest BCUT2D eigenvalue weighted by molar-refractivity contribution is -0.139. The predicted molar refractivity (Wildman–Crippen MR) is 98.7 cm³/mol. The van der Waals surface area contributed by atoms with E-state index in [4.69, 9.17) is 4.74 Å². The van der Waals surface area contributed by atoms with E-state index >= 15 is 0 Å². The van der Waals surface area contributed by atoms with Crippen LogP contribution < -0.4 is 4.74 Å². The molecule has 1 fully saturated rings. The van der Waals surface area contributed by atoms with Crippen LogP contribution in [0.1, 0.15) is 43.7 Å². The summed E-state index contributed by atoms with van der Waals surface area (Å²) in [6, 6.07) is 6.09. The monoisotopic (exact) mass is 346 g/mol. The Balaban J connectivity index is 1.69. The number of piperazine rings is 1. The predicted octanol–water partition coefficient (Wildman–Crippen LogP) is 2.93. The van der Waals surface area contributed by atoms with Crippen molar-refractivity contribution in [2.45, 2.75) is 46.5 Å². The number of rotatable bonds is 7. The number of para-hydroxylation sites is 1. The molecule has 2 amide bonds. The summed E-state index contributed by atoms with van der Waals surface area (Å²) in [5, 5.41) is 0. The zero-order chi connectivity index (χ0) is 18.2. The molecule has 1 aromatic rings. The van der Waals surface area contributed by atoms with Gasteiger partial charge < -0.3 is 14.5 Å². The number of ether oxygens (including phenoxy) is 1. The summed E-state index contributed by atoms with van der Waals surface area (Å²) < 4.78 is 5.86. The molecule has 1 aliphatic heterocycles. The van der Waals surface area contributed by atoms with Crippen LogP contribution in [0.3, 0.4) is 0 Å². The summed E-state index contributed by atoms with van der Waals surface area (Å²) in [6.07, 6.45) is 2.68. The largest absolute Gasteiger partial charge is 0.493 e. The SMILES string of the molecule is CCCC(=O)N1CCN(C(=O)CCCOc2c(C)cccc2C)CC1. The quantitative estimate of drug-likeness (QED) is 0.713. The van der Waals surface area contributed by atoms with Crippen molar-refractivity contribution in [1.82, 2.24) is 9.80 Å². The average molecular weight is 346 g/mol. The van der Waals surface area contributed by atoms with Gasteiger partial charge in [-0.1, -0.05) is 25.1 Å². The number of benzene rings is 1. The highest BCUT2D eigenvalue weighted by Gasteiger charge is 2.23. The van der Waals surface area contributed by atoms with E-state index < -0.39 is 0 Å². The average Bonchev–Trinajstić information content (AvgIpc) is 2.61. The second-order valence-electron chi connectivity index (χ2n) is 6.68. The van der Waals surface area contributed by atoms with Gasteiger partial charge in [0.25, 0.3) is 0 Å². The molecule has 1 aromatic carbocycles. The number of hydrogen-bond acceptors (Lipinski definition) is 3. The van der Waals surface area contributed by atoms with E-state index in [0.717, 1.165) is 23.3 Å². The Bertz CT molecular complexity index is 572. The fourth-order valence-electron chi connectivity index (χ4n) is 3.16. The Morgan fingerprint density at radius 2 is 1.48 bits per heavy atom. The first-order valence-corrected chi connectivity index (χ1v) is 9.27. The van der Waals surface area contributed by atoms with Crippen LogP contribution in [0, 0.1) is 13.8 Å². The molecule has 1 saturated heterocycles. The summed E-state index contributed by atoms with van der Waals surface area (Å²) in [5.41, 5.74) is 2.25. The molecule has 2 rings (SSSR count). The normalized spacial score (nSPS) is 14.5. The molecular formula is C20H30N2O3. The molecular weight excluding hydrogens is 316 g/mol. The van der Waals surface area contributed by atoms with Gasteiger partial charge in [0.05, 0.1) is 6.61 Å². The number of hydrogen-bond donors (Lipinski definition) is 0. The topological polar surface area (TPSA) is 49.9 Å². The zero-order valence-electron chi connectivity index (χ0n) is 15.7. The molecule has 0 atom stereocenters. The minimum atomic E-state index is 0.160. The van der Waals surface area contributed by atoms with E-state index in [1.54, 1.807) is 0 Å². The van der Waals surface area contributed by atoms with Gasteiger partial charge in [0.2, 0.25) is 11.8 Å². The third-order valence-corrected chi connectivity index (χ3v) is 4.64. The third kappa shape index (κ3) is 5.48. The summed E-state index contributed by atoms with van der Waals surface area (Å²) in [7, 11) is 0. The molecule has 0 spiro atoms. The molecule has 138 valence electrons. The maximum atomic E-state index is 12.3. The second kappa shape index (κ2) is 9.44. The maximum Gasteiger partial charge on any atom is 0.222 e. The molecule has 0 bridgehead atoms.